The fourth-order valence-corrected chi connectivity index (χ4v) is 2.43. The molecular formula is C17H17F3N6O3. The van der Waals surface area contributed by atoms with Crippen molar-refractivity contribution < 1.29 is 27.9 Å². The number of carboxylic acid groups (broad SMARTS) is 1. The minimum absolute atomic E-state index is 0.227. The van der Waals surface area contributed by atoms with Crippen LogP contribution in [0, 0.1) is 17.2 Å². The Balaban J connectivity index is 0.000000370. The number of halogens is 3. The molecular weight excluding hydrogens is 393 g/mol. The lowest BCUT2D eigenvalue weighted by atomic mass is 10.1. The Bertz CT molecular complexity index is 900. The molecule has 12 heteroatoms. The molecule has 1 amide bonds. The van der Waals surface area contributed by atoms with Crippen molar-refractivity contribution in [3.05, 3.63) is 41.7 Å². The third kappa shape index (κ3) is 6.58. The van der Waals surface area contributed by atoms with Gasteiger partial charge >= 0.3 is 12.1 Å². The Morgan fingerprint density at radius 2 is 2.14 bits per heavy atom. The van der Waals surface area contributed by atoms with Crippen LogP contribution in [0.1, 0.15) is 22.5 Å². The molecule has 1 fully saturated rings. The Kier molecular flexibility index (Phi) is 7.27. The summed E-state index contributed by atoms with van der Waals surface area (Å²) in [4.78, 5) is 21.0. The normalized spacial score (nSPS) is 15.7. The summed E-state index contributed by atoms with van der Waals surface area (Å²) in [7, 11) is 0. The zero-order chi connectivity index (χ0) is 21.4. The van der Waals surface area contributed by atoms with Crippen LogP contribution >= 0.6 is 0 Å². The van der Waals surface area contributed by atoms with E-state index >= 15 is 0 Å². The number of alkyl halides is 3. The summed E-state index contributed by atoms with van der Waals surface area (Å²) in [6, 6.07) is 9.05. The molecule has 1 aromatic heterocycles. The SMILES string of the molecule is N#Cc1cccc(-n2cc(C(=O)NC[C@H]3CCNC3)nn2)c1.O=C(O)C(F)(F)F. The zero-order valence-electron chi connectivity index (χ0n) is 15.0. The topological polar surface area (TPSA) is 133 Å². The number of aliphatic carboxylic acids is 1. The summed E-state index contributed by atoms with van der Waals surface area (Å²) in [5, 5.41) is 30.0. The van der Waals surface area contributed by atoms with Gasteiger partial charge in [0.2, 0.25) is 0 Å². The van der Waals surface area contributed by atoms with Crippen LogP contribution in [0.4, 0.5) is 13.2 Å². The molecule has 3 N–H and O–H groups in total. The first-order valence-corrected chi connectivity index (χ1v) is 8.42. The average molecular weight is 410 g/mol. The largest absolute Gasteiger partial charge is 0.490 e. The maximum atomic E-state index is 12.1. The molecule has 3 rings (SSSR count). The fourth-order valence-electron chi connectivity index (χ4n) is 2.43. The first-order chi connectivity index (χ1) is 13.7. The van der Waals surface area contributed by atoms with E-state index in [1.165, 1.54) is 4.68 Å². The van der Waals surface area contributed by atoms with Crippen molar-refractivity contribution in [2.45, 2.75) is 12.6 Å². The number of amides is 1. The molecule has 1 atom stereocenters. The van der Waals surface area contributed by atoms with E-state index in [9.17, 15) is 18.0 Å². The summed E-state index contributed by atoms with van der Waals surface area (Å²) in [6.45, 7) is 2.59. The van der Waals surface area contributed by atoms with Gasteiger partial charge < -0.3 is 15.7 Å². The van der Waals surface area contributed by atoms with Gasteiger partial charge in [0.15, 0.2) is 5.69 Å². The number of hydrogen-bond donors (Lipinski definition) is 3. The molecule has 0 spiro atoms. The third-order valence-electron chi connectivity index (χ3n) is 3.92. The lowest BCUT2D eigenvalue weighted by Gasteiger charge is -2.08. The molecule has 0 saturated carbocycles. The van der Waals surface area contributed by atoms with E-state index in [4.69, 9.17) is 15.2 Å². The van der Waals surface area contributed by atoms with E-state index in [2.05, 4.69) is 27.0 Å². The molecule has 0 bridgehead atoms. The molecule has 1 aliphatic heterocycles. The number of nitriles is 1. The van der Waals surface area contributed by atoms with Crippen molar-refractivity contribution in [2.24, 2.45) is 5.92 Å². The van der Waals surface area contributed by atoms with Crippen molar-refractivity contribution in [2.75, 3.05) is 19.6 Å². The minimum atomic E-state index is -5.08. The predicted molar refractivity (Wildman–Crippen MR) is 93.1 cm³/mol. The molecule has 1 aromatic carbocycles. The van der Waals surface area contributed by atoms with Crippen LogP contribution in [0.5, 0.6) is 0 Å². The Labute approximate surface area is 163 Å². The van der Waals surface area contributed by atoms with Gasteiger partial charge in [0.05, 0.1) is 23.5 Å². The van der Waals surface area contributed by atoms with Crippen LogP contribution in [-0.4, -0.2) is 57.8 Å². The molecule has 2 heterocycles. The van der Waals surface area contributed by atoms with E-state index in [0.717, 1.165) is 19.5 Å². The smallest absolute Gasteiger partial charge is 0.475 e. The quantitative estimate of drug-likeness (QED) is 0.688. The maximum Gasteiger partial charge on any atom is 0.490 e. The highest BCUT2D eigenvalue weighted by Crippen LogP contribution is 2.13. The summed E-state index contributed by atoms with van der Waals surface area (Å²) in [5.74, 6) is -2.51. The maximum absolute atomic E-state index is 12.1. The second-order valence-corrected chi connectivity index (χ2v) is 6.08. The van der Waals surface area contributed by atoms with E-state index < -0.39 is 12.1 Å². The summed E-state index contributed by atoms with van der Waals surface area (Å²) < 4.78 is 33.2. The molecule has 1 saturated heterocycles. The fraction of sp³-hybridized carbons (Fsp3) is 0.353. The number of hydrogen-bond acceptors (Lipinski definition) is 6. The van der Waals surface area contributed by atoms with Crippen LogP contribution in [0.3, 0.4) is 0 Å². The predicted octanol–water partition coefficient (Wildman–Crippen LogP) is 1.11. The van der Waals surface area contributed by atoms with Gasteiger partial charge in [-0.3, -0.25) is 4.79 Å². The van der Waals surface area contributed by atoms with Crippen LogP contribution in [0.2, 0.25) is 0 Å². The van der Waals surface area contributed by atoms with Crippen molar-refractivity contribution in [1.82, 2.24) is 25.6 Å². The van der Waals surface area contributed by atoms with E-state index in [1.807, 2.05) is 0 Å². The second-order valence-electron chi connectivity index (χ2n) is 6.08. The van der Waals surface area contributed by atoms with Gasteiger partial charge in [0, 0.05) is 6.54 Å². The lowest BCUT2D eigenvalue weighted by Crippen LogP contribution is -2.30. The highest BCUT2D eigenvalue weighted by Gasteiger charge is 2.38. The first kappa shape index (κ1) is 21.8. The summed E-state index contributed by atoms with van der Waals surface area (Å²) in [6.07, 6.45) is -2.44. The van der Waals surface area contributed by atoms with Gasteiger partial charge in [-0.05, 0) is 43.6 Å². The van der Waals surface area contributed by atoms with E-state index in [1.54, 1.807) is 30.5 Å². The third-order valence-corrected chi connectivity index (χ3v) is 3.92. The standard InChI is InChI=1S/C15H16N6O.C2HF3O2/c16-7-11-2-1-3-13(6-11)21-10-14(19-20-21)15(22)18-9-12-4-5-17-8-12;3-2(4,5)1(6)7/h1-3,6,10,12,17H,4-5,8-9H2,(H,18,22);(H,6,7)/t12-;/m0./s1. The molecule has 29 heavy (non-hydrogen) atoms. The van der Waals surface area contributed by atoms with Crippen LogP contribution < -0.4 is 10.6 Å². The second kappa shape index (κ2) is 9.65. The van der Waals surface area contributed by atoms with Gasteiger partial charge in [-0.25, -0.2) is 9.48 Å². The molecule has 2 aromatic rings. The average Bonchev–Trinajstić information content (AvgIpc) is 3.38. The summed E-state index contributed by atoms with van der Waals surface area (Å²) >= 11 is 0. The summed E-state index contributed by atoms with van der Waals surface area (Å²) in [5.41, 5.74) is 1.51. The van der Waals surface area contributed by atoms with Crippen molar-refractivity contribution in [1.29, 1.82) is 5.26 Å². The van der Waals surface area contributed by atoms with Gasteiger partial charge in [-0.2, -0.15) is 18.4 Å². The van der Waals surface area contributed by atoms with E-state index in [-0.39, 0.29) is 11.6 Å². The molecule has 154 valence electrons. The van der Waals surface area contributed by atoms with Gasteiger partial charge in [0.1, 0.15) is 0 Å². The van der Waals surface area contributed by atoms with Gasteiger partial charge in [-0.1, -0.05) is 11.3 Å². The van der Waals surface area contributed by atoms with Gasteiger partial charge in [0.25, 0.3) is 5.91 Å². The van der Waals surface area contributed by atoms with Crippen molar-refractivity contribution >= 4 is 11.9 Å². The van der Waals surface area contributed by atoms with Crippen LogP contribution in [0.15, 0.2) is 30.5 Å². The highest BCUT2D eigenvalue weighted by molar-refractivity contribution is 5.91. The monoisotopic (exact) mass is 410 g/mol. The minimum Gasteiger partial charge on any atom is -0.475 e. The Hall–Kier alpha value is -3.46. The molecule has 1 aliphatic rings. The number of rotatable bonds is 4. The first-order valence-electron chi connectivity index (χ1n) is 8.42. The Morgan fingerprint density at radius 3 is 2.72 bits per heavy atom. The highest BCUT2D eigenvalue weighted by atomic mass is 19.4. The Morgan fingerprint density at radius 1 is 1.41 bits per heavy atom. The zero-order valence-corrected chi connectivity index (χ0v) is 15.0. The number of nitrogens with one attached hydrogen (secondary N) is 2. The number of carbonyl (C=O) groups excluding carboxylic acids is 1. The van der Waals surface area contributed by atoms with Gasteiger partial charge in [-0.15, -0.1) is 5.10 Å². The molecule has 0 aliphatic carbocycles. The molecule has 0 unspecified atom stereocenters. The number of nitrogens with zero attached hydrogens (tertiary/aromatic N) is 4. The number of aromatic nitrogens is 3. The number of carbonyl (C=O) groups is 2. The number of benzene rings is 1. The van der Waals surface area contributed by atoms with Crippen LogP contribution in [-0.2, 0) is 4.79 Å². The number of carboxylic acids is 1. The molecule has 0 radical (unpaired) electrons. The lowest BCUT2D eigenvalue weighted by molar-refractivity contribution is -0.192. The van der Waals surface area contributed by atoms with Crippen molar-refractivity contribution in [3.8, 4) is 11.8 Å². The van der Waals surface area contributed by atoms with Crippen LogP contribution in [0.25, 0.3) is 5.69 Å². The molecule has 9 nitrogen and oxygen atoms in total. The van der Waals surface area contributed by atoms with E-state index in [0.29, 0.717) is 23.7 Å². The van der Waals surface area contributed by atoms with Crippen molar-refractivity contribution in [3.63, 3.8) is 0 Å².